The number of hydrogen-bond acceptors (Lipinski definition) is 3. The van der Waals surface area contributed by atoms with Crippen LogP contribution in [0.15, 0.2) is 0 Å². The van der Waals surface area contributed by atoms with Crippen LogP contribution in [0, 0.1) is 0 Å². The van der Waals surface area contributed by atoms with E-state index in [1.165, 1.54) is 0 Å². The summed E-state index contributed by atoms with van der Waals surface area (Å²) in [7, 11) is 0. The highest BCUT2D eigenvalue weighted by Gasteiger charge is 2.48. The minimum atomic E-state index is 0.355. The third kappa shape index (κ3) is 0.991. The lowest BCUT2D eigenvalue weighted by molar-refractivity contribution is -0.124. The molecule has 0 atom stereocenters. The highest BCUT2D eigenvalue weighted by molar-refractivity contribution is 5.03. The Kier molecular flexibility index (Phi) is 1.67. The highest BCUT2D eigenvalue weighted by Crippen LogP contribution is 2.29. The van der Waals surface area contributed by atoms with Gasteiger partial charge in [-0.25, -0.2) is 0 Å². The van der Waals surface area contributed by atoms with E-state index in [2.05, 4.69) is 24.1 Å². The molecule has 2 fully saturated rings. The molecule has 0 radical (unpaired) electrons. The Hall–Kier alpha value is -0.120. The number of nitrogens with zero attached hydrogens (tertiary/aromatic N) is 1. The monoisotopic (exact) mass is 156 g/mol. The molecule has 2 aliphatic heterocycles. The molecule has 0 bridgehead atoms. The Morgan fingerprint density at radius 2 is 2.18 bits per heavy atom. The van der Waals surface area contributed by atoms with Crippen LogP contribution in [0.4, 0.5) is 0 Å². The Labute approximate surface area is 67.7 Å². The van der Waals surface area contributed by atoms with Gasteiger partial charge in [0.2, 0.25) is 0 Å². The van der Waals surface area contributed by atoms with Crippen molar-refractivity contribution in [3.63, 3.8) is 0 Å². The van der Waals surface area contributed by atoms with Crippen LogP contribution in [-0.4, -0.2) is 42.9 Å². The molecule has 2 rings (SSSR count). The Morgan fingerprint density at radius 3 is 2.55 bits per heavy atom. The molecule has 0 aromatic heterocycles. The molecule has 3 nitrogen and oxygen atoms in total. The van der Waals surface area contributed by atoms with Crippen LogP contribution in [0.2, 0.25) is 0 Å². The molecule has 3 heteroatoms. The summed E-state index contributed by atoms with van der Waals surface area (Å²) in [5.41, 5.74) is 0.355. The van der Waals surface area contributed by atoms with Gasteiger partial charge >= 0.3 is 0 Å². The first-order valence-corrected chi connectivity index (χ1v) is 4.30. The first kappa shape index (κ1) is 7.53. The second kappa shape index (κ2) is 2.44. The topological polar surface area (TPSA) is 24.5 Å². The Bertz CT molecular complexity index is 154. The van der Waals surface area contributed by atoms with Crippen LogP contribution in [0.1, 0.15) is 13.8 Å². The number of hydrogen-bond donors (Lipinski definition) is 1. The second-order valence-electron chi connectivity index (χ2n) is 3.87. The fourth-order valence-corrected chi connectivity index (χ4v) is 2.01. The van der Waals surface area contributed by atoms with Crippen LogP contribution in [0.5, 0.6) is 0 Å². The minimum absolute atomic E-state index is 0.355. The summed E-state index contributed by atoms with van der Waals surface area (Å²) in [4.78, 5) is 2.50. The Morgan fingerprint density at radius 1 is 1.45 bits per heavy atom. The van der Waals surface area contributed by atoms with Gasteiger partial charge < -0.3 is 10.1 Å². The van der Waals surface area contributed by atoms with E-state index >= 15 is 0 Å². The van der Waals surface area contributed by atoms with Crippen molar-refractivity contribution in [1.82, 2.24) is 10.2 Å². The van der Waals surface area contributed by atoms with Gasteiger partial charge in [0.1, 0.15) is 0 Å². The van der Waals surface area contributed by atoms with E-state index in [0.717, 1.165) is 26.4 Å². The molecule has 1 spiro atoms. The van der Waals surface area contributed by atoms with Crippen molar-refractivity contribution >= 4 is 0 Å². The zero-order valence-corrected chi connectivity index (χ0v) is 7.26. The first-order chi connectivity index (χ1) is 5.25. The van der Waals surface area contributed by atoms with Crippen LogP contribution < -0.4 is 5.32 Å². The molecule has 0 aromatic carbocycles. The van der Waals surface area contributed by atoms with Crippen LogP contribution in [0.3, 0.4) is 0 Å². The zero-order chi connectivity index (χ0) is 7.90. The zero-order valence-electron chi connectivity index (χ0n) is 7.26. The highest BCUT2D eigenvalue weighted by atomic mass is 16.5. The quantitative estimate of drug-likeness (QED) is 0.579. The molecule has 11 heavy (non-hydrogen) atoms. The molecule has 64 valence electrons. The van der Waals surface area contributed by atoms with Crippen LogP contribution >= 0.6 is 0 Å². The molecular formula is C8H16N2O. The van der Waals surface area contributed by atoms with Crippen molar-refractivity contribution in [2.75, 3.05) is 26.4 Å². The van der Waals surface area contributed by atoms with Gasteiger partial charge in [0.15, 0.2) is 0 Å². The fraction of sp³-hybridized carbons (Fsp3) is 1.00. The first-order valence-electron chi connectivity index (χ1n) is 4.30. The maximum Gasteiger partial charge on any atom is 0.0817 e. The maximum absolute atomic E-state index is 5.26. The second-order valence-corrected chi connectivity index (χ2v) is 3.87. The van der Waals surface area contributed by atoms with E-state index < -0.39 is 0 Å². The van der Waals surface area contributed by atoms with Crippen molar-refractivity contribution in [3.05, 3.63) is 0 Å². The average Bonchev–Trinajstić information content (AvgIpc) is 2.27. The van der Waals surface area contributed by atoms with Gasteiger partial charge in [-0.15, -0.1) is 0 Å². The molecule has 0 aromatic rings. The van der Waals surface area contributed by atoms with E-state index in [9.17, 15) is 0 Å². The van der Waals surface area contributed by atoms with Crippen molar-refractivity contribution in [1.29, 1.82) is 0 Å². The summed E-state index contributed by atoms with van der Waals surface area (Å²) >= 11 is 0. The smallest absolute Gasteiger partial charge is 0.0817 e. The number of nitrogens with one attached hydrogen (secondary N) is 1. The summed E-state index contributed by atoms with van der Waals surface area (Å²) in [6.07, 6.45) is 0. The van der Waals surface area contributed by atoms with Crippen LogP contribution in [-0.2, 0) is 4.74 Å². The van der Waals surface area contributed by atoms with E-state index in [1.807, 2.05) is 0 Å². The molecule has 2 heterocycles. The van der Waals surface area contributed by atoms with Crippen molar-refractivity contribution in [2.24, 2.45) is 0 Å². The van der Waals surface area contributed by atoms with Gasteiger partial charge in [0, 0.05) is 19.3 Å². The minimum Gasteiger partial charge on any atom is -0.377 e. The summed E-state index contributed by atoms with van der Waals surface area (Å²) in [6.45, 7) is 8.45. The van der Waals surface area contributed by atoms with E-state index in [0.29, 0.717) is 11.6 Å². The molecule has 0 aliphatic carbocycles. The van der Waals surface area contributed by atoms with E-state index in [-0.39, 0.29) is 0 Å². The number of ether oxygens (including phenoxy) is 1. The van der Waals surface area contributed by atoms with Gasteiger partial charge in [-0.1, -0.05) is 0 Å². The molecule has 0 unspecified atom stereocenters. The van der Waals surface area contributed by atoms with Gasteiger partial charge in [0.05, 0.1) is 18.8 Å². The van der Waals surface area contributed by atoms with Crippen molar-refractivity contribution in [2.45, 2.75) is 25.4 Å². The summed E-state index contributed by atoms with van der Waals surface area (Å²) in [5.74, 6) is 0. The Balaban J connectivity index is 2.07. The fourth-order valence-electron chi connectivity index (χ4n) is 2.01. The largest absolute Gasteiger partial charge is 0.377 e. The molecule has 1 N–H and O–H groups in total. The molecule has 0 saturated carbocycles. The molecular weight excluding hydrogens is 140 g/mol. The van der Waals surface area contributed by atoms with Gasteiger partial charge in [-0.3, -0.25) is 4.90 Å². The van der Waals surface area contributed by atoms with E-state index in [4.69, 9.17) is 4.74 Å². The third-order valence-electron chi connectivity index (χ3n) is 2.71. The summed E-state index contributed by atoms with van der Waals surface area (Å²) in [6, 6.07) is 0.633. The average molecular weight is 156 g/mol. The van der Waals surface area contributed by atoms with Crippen molar-refractivity contribution in [3.8, 4) is 0 Å². The lowest BCUT2D eigenvalue weighted by atomic mass is 9.96. The molecule has 0 amide bonds. The third-order valence-corrected chi connectivity index (χ3v) is 2.71. The molecule has 2 aliphatic rings. The lowest BCUT2D eigenvalue weighted by Crippen LogP contribution is -2.62. The number of rotatable bonds is 1. The summed E-state index contributed by atoms with van der Waals surface area (Å²) < 4.78 is 5.26. The normalized spacial score (nSPS) is 29.7. The van der Waals surface area contributed by atoms with E-state index in [1.54, 1.807) is 0 Å². The van der Waals surface area contributed by atoms with Crippen LogP contribution in [0.25, 0.3) is 0 Å². The summed E-state index contributed by atoms with van der Waals surface area (Å²) in [5, 5.41) is 3.39. The predicted molar refractivity (Wildman–Crippen MR) is 43.4 cm³/mol. The lowest BCUT2D eigenvalue weighted by Gasteiger charge is -2.46. The predicted octanol–water partition coefficient (Wildman–Crippen LogP) is 0.0265. The molecule has 2 saturated heterocycles. The SMILES string of the molecule is CC(C)N1CNCC12COC2. The van der Waals surface area contributed by atoms with Gasteiger partial charge in [0.25, 0.3) is 0 Å². The van der Waals surface area contributed by atoms with Crippen molar-refractivity contribution < 1.29 is 4.74 Å². The van der Waals surface area contributed by atoms with Gasteiger partial charge in [-0.2, -0.15) is 0 Å². The maximum atomic E-state index is 5.26. The standard InChI is InChI=1S/C8H16N2O/c1-7(2)10-6-9-3-8(10)4-11-5-8/h7,9H,3-6H2,1-2H3. The van der Waals surface area contributed by atoms with Gasteiger partial charge in [-0.05, 0) is 13.8 Å².